The average Bonchev–Trinajstić information content (AvgIpc) is 3.09. The van der Waals surface area contributed by atoms with E-state index in [1.165, 1.54) is 5.56 Å². The van der Waals surface area contributed by atoms with Gasteiger partial charge in [0.15, 0.2) is 0 Å². The molecule has 26 heavy (non-hydrogen) atoms. The van der Waals surface area contributed by atoms with Gasteiger partial charge in [0.1, 0.15) is 0 Å². The minimum Gasteiger partial charge on any atom is -0.312 e. The molecule has 0 atom stereocenters. The molecule has 2 aliphatic rings. The van der Waals surface area contributed by atoms with Crippen LogP contribution in [0.1, 0.15) is 24.0 Å². The van der Waals surface area contributed by atoms with Gasteiger partial charge in [0.25, 0.3) is 0 Å². The molecule has 2 aromatic carbocycles. The zero-order valence-corrected chi connectivity index (χ0v) is 16.1. The minimum absolute atomic E-state index is 0.110. The number of amides is 1. The van der Waals surface area contributed by atoms with Gasteiger partial charge in [0.2, 0.25) is 5.91 Å². The van der Waals surface area contributed by atoms with Crippen LogP contribution in [0.2, 0.25) is 10.0 Å². The fraction of sp³-hybridized carbons (Fsp3) is 0.381. The summed E-state index contributed by atoms with van der Waals surface area (Å²) in [6.45, 7) is 3.35. The molecule has 5 heteroatoms. The fourth-order valence-electron chi connectivity index (χ4n) is 4.03. The topological polar surface area (TPSA) is 23.6 Å². The van der Waals surface area contributed by atoms with Crippen LogP contribution in [-0.4, -0.2) is 30.4 Å². The first-order chi connectivity index (χ1) is 12.6. The molecule has 4 rings (SSSR count). The Labute approximate surface area is 164 Å². The predicted octanol–water partition coefficient (Wildman–Crippen LogP) is 4.79. The quantitative estimate of drug-likeness (QED) is 0.753. The van der Waals surface area contributed by atoms with Crippen LogP contribution in [0.3, 0.4) is 0 Å². The van der Waals surface area contributed by atoms with Gasteiger partial charge in [-0.15, -0.1) is 0 Å². The molecule has 1 saturated heterocycles. The summed E-state index contributed by atoms with van der Waals surface area (Å²) in [4.78, 5) is 17.3. The predicted molar refractivity (Wildman–Crippen MR) is 107 cm³/mol. The maximum atomic E-state index is 13.0. The summed E-state index contributed by atoms with van der Waals surface area (Å²) in [7, 11) is 0. The number of anilines is 1. The number of piperidine rings is 1. The first-order valence-corrected chi connectivity index (χ1v) is 9.93. The normalized spacial score (nSPS) is 18.2. The second-order valence-corrected chi connectivity index (χ2v) is 7.93. The van der Waals surface area contributed by atoms with Gasteiger partial charge in [-0.25, -0.2) is 0 Å². The van der Waals surface area contributed by atoms with Crippen molar-refractivity contribution in [2.24, 2.45) is 5.92 Å². The number of hydrogen-bond donors (Lipinski definition) is 0. The van der Waals surface area contributed by atoms with Crippen molar-refractivity contribution in [3.8, 4) is 0 Å². The van der Waals surface area contributed by atoms with Crippen LogP contribution in [0, 0.1) is 5.92 Å². The summed E-state index contributed by atoms with van der Waals surface area (Å²) < 4.78 is 0. The van der Waals surface area contributed by atoms with Gasteiger partial charge < -0.3 is 4.90 Å². The van der Waals surface area contributed by atoms with E-state index in [4.69, 9.17) is 23.2 Å². The minimum atomic E-state index is 0.110. The zero-order chi connectivity index (χ0) is 18.1. The third-order valence-electron chi connectivity index (χ3n) is 5.53. The van der Waals surface area contributed by atoms with Gasteiger partial charge >= 0.3 is 0 Å². The number of halogens is 2. The van der Waals surface area contributed by atoms with Crippen LogP contribution in [0.4, 0.5) is 5.69 Å². The SMILES string of the molecule is O=C(C1CCN(Cc2c(Cl)cccc2Cl)CC1)N1CCc2ccccc21. The number of likely N-dealkylation sites (tertiary alicyclic amines) is 1. The Morgan fingerprint density at radius 1 is 0.962 bits per heavy atom. The highest BCUT2D eigenvalue weighted by Gasteiger charge is 2.32. The summed E-state index contributed by atoms with van der Waals surface area (Å²) in [5.41, 5.74) is 3.36. The Morgan fingerprint density at radius 3 is 2.38 bits per heavy atom. The molecular weight excluding hydrogens is 367 g/mol. The van der Waals surface area contributed by atoms with E-state index in [2.05, 4.69) is 17.0 Å². The van der Waals surface area contributed by atoms with E-state index < -0.39 is 0 Å². The summed E-state index contributed by atoms with van der Waals surface area (Å²) in [6, 6.07) is 13.9. The van der Waals surface area contributed by atoms with Gasteiger partial charge in [-0.2, -0.15) is 0 Å². The van der Waals surface area contributed by atoms with Gasteiger partial charge in [0, 0.05) is 40.3 Å². The van der Waals surface area contributed by atoms with Crippen molar-refractivity contribution < 1.29 is 4.79 Å². The first kappa shape index (κ1) is 17.8. The molecule has 0 radical (unpaired) electrons. The van der Waals surface area contributed by atoms with E-state index in [-0.39, 0.29) is 11.8 Å². The average molecular weight is 389 g/mol. The van der Waals surface area contributed by atoms with Gasteiger partial charge in [0.05, 0.1) is 0 Å². The molecule has 0 bridgehead atoms. The summed E-state index contributed by atoms with van der Waals surface area (Å²) in [5, 5.41) is 1.42. The third kappa shape index (κ3) is 3.48. The van der Waals surface area contributed by atoms with Gasteiger partial charge in [-0.1, -0.05) is 47.5 Å². The number of carbonyl (C=O) groups is 1. The number of benzene rings is 2. The Balaban J connectivity index is 1.38. The Bertz CT molecular complexity index is 795. The van der Waals surface area contributed by atoms with Crippen molar-refractivity contribution in [3.05, 3.63) is 63.6 Å². The van der Waals surface area contributed by atoms with Crippen molar-refractivity contribution in [3.63, 3.8) is 0 Å². The van der Waals surface area contributed by atoms with Crippen LogP contribution in [0.5, 0.6) is 0 Å². The van der Waals surface area contributed by atoms with Crippen molar-refractivity contribution in [2.45, 2.75) is 25.8 Å². The maximum Gasteiger partial charge on any atom is 0.230 e. The molecule has 0 N–H and O–H groups in total. The molecule has 0 unspecified atom stereocenters. The lowest BCUT2D eigenvalue weighted by atomic mass is 9.95. The number of rotatable bonds is 3. The smallest absolute Gasteiger partial charge is 0.230 e. The van der Waals surface area contributed by atoms with Crippen LogP contribution in [-0.2, 0) is 17.8 Å². The number of fused-ring (bicyclic) bond motifs is 1. The van der Waals surface area contributed by atoms with Crippen LogP contribution >= 0.6 is 23.2 Å². The van der Waals surface area contributed by atoms with Crippen LogP contribution in [0.15, 0.2) is 42.5 Å². The molecule has 0 aromatic heterocycles. The van der Waals surface area contributed by atoms with E-state index in [0.29, 0.717) is 10.0 Å². The van der Waals surface area contributed by atoms with Crippen molar-refractivity contribution in [2.75, 3.05) is 24.5 Å². The molecule has 1 amide bonds. The lowest BCUT2D eigenvalue weighted by Crippen LogP contribution is -2.42. The molecule has 2 aliphatic heterocycles. The molecular formula is C21H22Cl2N2O. The second-order valence-electron chi connectivity index (χ2n) is 7.12. The highest BCUT2D eigenvalue weighted by molar-refractivity contribution is 6.35. The van der Waals surface area contributed by atoms with E-state index in [9.17, 15) is 4.79 Å². The molecule has 0 aliphatic carbocycles. The zero-order valence-electron chi connectivity index (χ0n) is 14.6. The van der Waals surface area contributed by atoms with E-state index in [1.807, 2.05) is 35.2 Å². The standard InChI is InChI=1S/C21H22Cl2N2O/c22-18-5-3-6-19(23)17(18)14-24-11-8-16(9-12-24)21(26)25-13-10-15-4-1-2-7-20(15)25/h1-7,16H,8-14H2. The molecule has 0 spiro atoms. The lowest BCUT2D eigenvalue weighted by Gasteiger charge is -2.33. The van der Waals surface area contributed by atoms with Crippen molar-refractivity contribution in [1.82, 2.24) is 4.90 Å². The molecule has 1 fully saturated rings. The molecule has 2 heterocycles. The maximum absolute atomic E-state index is 13.0. The number of para-hydroxylation sites is 1. The highest BCUT2D eigenvalue weighted by atomic mass is 35.5. The number of carbonyl (C=O) groups excluding carboxylic acids is 1. The molecule has 2 aromatic rings. The Hall–Kier alpha value is -1.55. The largest absolute Gasteiger partial charge is 0.312 e. The third-order valence-corrected chi connectivity index (χ3v) is 6.24. The van der Waals surface area contributed by atoms with Crippen LogP contribution < -0.4 is 4.90 Å². The Morgan fingerprint density at radius 2 is 1.65 bits per heavy atom. The molecule has 136 valence electrons. The molecule has 3 nitrogen and oxygen atoms in total. The lowest BCUT2D eigenvalue weighted by molar-refractivity contribution is -0.123. The van der Waals surface area contributed by atoms with Gasteiger partial charge in [-0.05, 0) is 56.1 Å². The number of nitrogens with zero attached hydrogens (tertiary/aromatic N) is 2. The van der Waals surface area contributed by atoms with Crippen molar-refractivity contribution in [1.29, 1.82) is 0 Å². The first-order valence-electron chi connectivity index (χ1n) is 9.18. The highest BCUT2D eigenvalue weighted by Crippen LogP contribution is 2.32. The fourth-order valence-corrected chi connectivity index (χ4v) is 4.55. The molecule has 0 saturated carbocycles. The summed E-state index contributed by atoms with van der Waals surface area (Å²) >= 11 is 12.6. The summed E-state index contributed by atoms with van der Waals surface area (Å²) in [6.07, 6.45) is 2.74. The summed E-state index contributed by atoms with van der Waals surface area (Å²) in [5.74, 6) is 0.393. The van der Waals surface area contributed by atoms with E-state index in [0.717, 1.165) is 56.7 Å². The second kappa shape index (κ2) is 7.59. The van der Waals surface area contributed by atoms with E-state index >= 15 is 0 Å². The van der Waals surface area contributed by atoms with Crippen LogP contribution in [0.25, 0.3) is 0 Å². The number of hydrogen-bond acceptors (Lipinski definition) is 2. The van der Waals surface area contributed by atoms with E-state index in [1.54, 1.807) is 0 Å². The Kier molecular flexibility index (Phi) is 5.21. The van der Waals surface area contributed by atoms with Gasteiger partial charge in [-0.3, -0.25) is 9.69 Å². The monoisotopic (exact) mass is 388 g/mol. The van der Waals surface area contributed by atoms with Crippen molar-refractivity contribution >= 4 is 34.8 Å².